The maximum absolute atomic E-state index is 11.6. The van der Waals surface area contributed by atoms with Gasteiger partial charge in [0.05, 0.1) is 0 Å². The molecule has 0 unspecified atom stereocenters. The summed E-state index contributed by atoms with van der Waals surface area (Å²) in [6.07, 6.45) is 2.04. The van der Waals surface area contributed by atoms with Crippen molar-refractivity contribution in [2.75, 3.05) is 11.5 Å². The van der Waals surface area contributed by atoms with E-state index in [1.165, 1.54) is 0 Å². The number of thioether (sulfide) groups is 1. The maximum Gasteiger partial charge on any atom is 0.220 e. The molecular formula is C10H13ClN2O2S. The Morgan fingerprint density at radius 3 is 3.25 bits per heavy atom. The molecule has 16 heavy (non-hydrogen) atoms. The number of carbonyl (C=O) groups excluding carboxylic acids is 1. The molecule has 0 aliphatic carbocycles. The third kappa shape index (κ3) is 3.42. The minimum absolute atomic E-state index is 0.0695. The fourth-order valence-corrected chi connectivity index (χ4v) is 2.90. The fourth-order valence-electron chi connectivity index (χ4n) is 1.59. The van der Waals surface area contributed by atoms with E-state index in [9.17, 15) is 4.79 Å². The predicted molar refractivity (Wildman–Crippen MR) is 63.7 cm³/mol. The average Bonchev–Trinajstić information content (AvgIpc) is 2.87. The van der Waals surface area contributed by atoms with E-state index in [0.717, 1.165) is 17.9 Å². The van der Waals surface area contributed by atoms with Gasteiger partial charge in [0.25, 0.3) is 0 Å². The lowest BCUT2D eigenvalue weighted by Crippen LogP contribution is -2.34. The minimum atomic E-state index is 0.0695. The van der Waals surface area contributed by atoms with Crippen molar-refractivity contribution in [3.8, 4) is 0 Å². The Balaban J connectivity index is 1.71. The number of amides is 1. The first-order chi connectivity index (χ1) is 7.74. The molecule has 88 valence electrons. The number of nitrogens with zero attached hydrogens (tertiary/aromatic N) is 1. The Bertz CT molecular complexity index is 363. The van der Waals surface area contributed by atoms with E-state index in [2.05, 4.69) is 10.5 Å². The first-order valence-electron chi connectivity index (χ1n) is 5.22. The summed E-state index contributed by atoms with van der Waals surface area (Å²) >= 11 is 7.49. The largest absolute Gasteiger partial charge is 0.360 e. The van der Waals surface area contributed by atoms with Crippen LogP contribution >= 0.6 is 23.4 Å². The molecule has 1 aliphatic rings. The quantitative estimate of drug-likeness (QED) is 0.898. The molecule has 2 rings (SSSR count). The van der Waals surface area contributed by atoms with E-state index in [0.29, 0.717) is 29.8 Å². The Labute approximate surface area is 103 Å². The molecule has 1 N–H and O–H groups in total. The van der Waals surface area contributed by atoms with Crippen LogP contribution in [0.2, 0.25) is 5.15 Å². The molecule has 1 aromatic rings. The second kappa shape index (κ2) is 5.59. The van der Waals surface area contributed by atoms with Crippen molar-refractivity contribution in [1.29, 1.82) is 0 Å². The second-order valence-corrected chi connectivity index (χ2v) is 5.28. The highest BCUT2D eigenvalue weighted by molar-refractivity contribution is 7.99. The summed E-state index contributed by atoms with van der Waals surface area (Å²) < 4.78 is 4.92. The molecule has 6 heteroatoms. The Kier molecular flexibility index (Phi) is 4.12. The third-order valence-corrected chi connectivity index (χ3v) is 3.76. The summed E-state index contributed by atoms with van der Waals surface area (Å²) in [6, 6.07) is 1.98. The average molecular weight is 261 g/mol. The van der Waals surface area contributed by atoms with Crippen LogP contribution in [0, 0.1) is 0 Å². The summed E-state index contributed by atoms with van der Waals surface area (Å²) in [6.45, 7) is 0. The predicted octanol–water partition coefficient (Wildman–Crippen LogP) is 1.88. The van der Waals surface area contributed by atoms with Crippen LogP contribution in [0.4, 0.5) is 0 Å². The maximum atomic E-state index is 11.6. The zero-order valence-electron chi connectivity index (χ0n) is 8.74. The van der Waals surface area contributed by atoms with Gasteiger partial charge >= 0.3 is 0 Å². The SMILES string of the molecule is O=C(CCc1cc(Cl)no1)N[C@@H]1CCSC1. The third-order valence-electron chi connectivity index (χ3n) is 2.42. The van der Waals surface area contributed by atoms with Gasteiger partial charge in [-0.25, -0.2) is 0 Å². The lowest BCUT2D eigenvalue weighted by atomic mass is 10.2. The van der Waals surface area contributed by atoms with Crippen LogP contribution in [0.5, 0.6) is 0 Å². The monoisotopic (exact) mass is 260 g/mol. The number of aromatic nitrogens is 1. The smallest absolute Gasteiger partial charge is 0.220 e. The van der Waals surface area contributed by atoms with Crippen LogP contribution in [0.3, 0.4) is 0 Å². The number of carbonyl (C=O) groups is 1. The van der Waals surface area contributed by atoms with Crippen molar-refractivity contribution < 1.29 is 9.32 Å². The normalized spacial score (nSPS) is 19.9. The van der Waals surface area contributed by atoms with Gasteiger partial charge in [0.2, 0.25) is 5.91 Å². The van der Waals surface area contributed by atoms with Crippen LogP contribution < -0.4 is 5.32 Å². The highest BCUT2D eigenvalue weighted by atomic mass is 35.5. The molecule has 1 saturated heterocycles. The van der Waals surface area contributed by atoms with Gasteiger partial charge in [-0.05, 0) is 12.2 Å². The van der Waals surface area contributed by atoms with Gasteiger partial charge in [-0.2, -0.15) is 11.8 Å². The minimum Gasteiger partial charge on any atom is -0.360 e. The molecule has 1 aliphatic heterocycles. The van der Waals surface area contributed by atoms with E-state index in [1.54, 1.807) is 6.07 Å². The number of halogens is 1. The van der Waals surface area contributed by atoms with Gasteiger partial charge < -0.3 is 9.84 Å². The second-order valence-electron chi connectivity index (χ2n) is 3.74. The molecule has 4 nitrogen and oxygen atoms in total. The zero-order chi connectivity index (χ0) is 11.4. The number of hydrogen-bond acceptors (Lipinski definition) is 4. The van der Waals surface area contributed by atoms with Gasteiger partial charge in [-0.3, -0.25) is 4.79 Å². The standard InChI is InChI=1S/C10H13ClN2O2S/c11-9-5-8(15-13-9)1-2-10(14)12-7-3-4-16-6-7/h5,7H,1-4,6H2,(H,12,14)/t7-/m1/s1. The molecular weight excluding hydrogens is 248 g/mol. The van der Waals surface area contributed by atoms with Gasteiger partial charge in [-0.1, -0.05) is 16.8 Å². The molecule has 1 aromatic heterocycles. The molecule has 0 radical (unpaired) electrons. The first-order valence-corrected chi connectivity index (χ1v) is 6.75. The van der Waals surface area contributed by atoms with E-state index in [1.807, 2.05) is 11.8 Å². The van der Waals surface area contributed by atoms with E-state index < -0.39 is 0 Å². The summed E-state index contributed by atoms with van der Waals surface area (Å²) in [7, 11) is 0. The van der Waals surface area contributed by atoms with Crippen LogP contribution in [0.15, 0.2) is 10.6 Å². The number of rotatable bonds is 4. The molecule has 0 bridgehead atoms. The fraction of sp³-hybridized carbons (Fsp3) is 0.600. The Morgan fingerprint density at radius 2 is 2.62 bits per heavy atom. The molecule has 0 aromatic carbocycles. The van der Waals surface area contributed by atoms with Crippen LogP contribution in [0.1, 0.15) is 18.6 Å². The molecule has 2 heterocycles. The molecule has 0 spiro atoms. The highest BCUT2D eigenvalue weighted by Gasteiger charge is 2.17. The van der Waals surface area contributed by atoms with Crippen molar-refractivity contribution in [2.24, 2.45) is 0 Å². The van der Waals surface area contributed by atoms with Crippen LogP contribution in [-0.2, 0) is 11.2 Å². The van der Waals surface area contributed by atoms with E-state index in [4.69, 9.17) is 16.1 Å². The summed E-state index contributed by atoms with van der Waals surface area (Å²) in [5.74, 6) is 2.89. The van der Waals surface area contributed by atoms with Crippen molar-refractivity contribution in [2.45, 2.75) is 25.3 Å². The van der Waals surface area contributed by atoms with E-state index in [-0.39, 0.29) is 5.91 Å². The Hall–Kier alpha value is -0.680. The van der Waals surface area contributed by atoms with Crippen molar-refractivity contribution >= 4 is 29.3 Å². The lowest BCUT2D eigenvalue weighted by Gasteiger charge is -2.10. The van der Waals surface area contributed by atoms with Gasteiger partial charge in [-0.15, -0.1) is 0 Å². The van der Waals surface area contributed by atoms with E-state index >= 15 is 0 Å². The Morgan fingerprint density at radius 1 is 1.75 bits per heavy atom. The molecule has 1 amide bonds. The summed E-state index contributed by atoms with van der Waals surface area (Å²) in [5, 5.41) is 6.89. The van der Waals surface area contributed by atoms with Crippen molar-refractivity contribution in [1.82, 2.24) is 10.5 Å². The molecule has 0 saturated carbocycles. The lowest BCUT2D eigenvalue weighted by molar-refractivity contribution is -0.121. The molecule has 1 atom stereocenters. The number of nitrogens with one attached hydrogen (secondary N) is 1. The van der Waals surface area contributed by atoms with Gasteiger partial charge in [0.1, 0.15) is 5.76 Å². The summed E-state index contributed by atoms with van der Waals surface area (Å²) in [5.41, 5.74) is 0. The van der Waals surface area contributed by atoms with Gasteiger partial charge in [0, 0.05) is 30.7 Å². The highest BCUT2D eigenvalue weighted by Crippen LogP contribution is 2.17. The zero-order valence-corrected chi connectivity index (χ0v) is 10.3. The van der Waals surface area contributed by atoms with Crippen molar-refractivity contribution in [3.05, 3.63) is 17.0 Å². The topological polar surface area (TPSA) is 55.1 Å². The van der Waals surface area contributed by atoms with Crippen LogP contribution in [0.25, 0.3) is 0 Å². The van der Waals surface area contributed by atoms with Crippen LogP contribution in [-0.4, -0.2) is 28.6 Å². The molecule has 1 fully saturated rings. The number of hydrogen-bond donors (Lipinski definition) is 1. The number of aryl methyl sites for hydroxylation is 1. The van der Waals surface area contributed by atoms with Gasteiger partial charge in [0.15, 0.2) is 5.15 Å². The summed E-state index contributed by atoms with van der Waals surface area (Å²) in [4.78, 5) is 11.6. The first kappa shape index (κ1) is 11.8. The van der Waals surface area contributed by atoms with Crippen molar-refractivity contribution in [3.63, 3.8) is 0 Å².